The fourth-order valence-corrected chi connectivity index (χ4v) is 6.14. The zero-order valence-corrected chi connectivity index (χ0v) is 18.3. The first-order valence-corrected chi connectivity index (χ1v) is 10.9. The minimum absolute atomic E-state index is 0.0275. The van der Waals surface area contributed by atoms with Crippen molar-refractivity contribution in [3.63, 3.8) is 0 Å². The van der Waals surface area contributed by atoms with Crippen LogP contribution in [0.15, 0.2) is 36.1 Å². The molecule has 6 heteroatoms. The van der Waals surface area contributed by atoms with Crippen molar-refractivity contribution in [1.29, 1.82) is 0 Å². The maximum Gasteiger partial charge on any atom is 0.173 e. The zero-order valence-electron chi connectivity index (χ0n) is 17.6. The number of fused-ring (bicyclic) bond motifs is 5. The number of aliphatic hydroxyl groups is 1. The van der Waals surface area contributed by atoms with Gasteiger partial charge in [-0.2, -0.15) is 0 Å². The molecule has 0 unspecified atom stereocenters. The molecule has 4 atom stereocenters. The highest BCUT2D eigenvalue weighted by molar-refractivity contribution is 6.30. The molecular formula is C25H23ClF2O3. The van der Waals surface area contributed by atoms with E-state index in [4.69, 9.17) is 16.3 Å². The molecule has 0 aromatic heterocycles. The van der Waals surface area contributed by atoms with E-state index < -0.39 is 34.7 Å². The molecule has 0 radical (unpaired) electrons. The number of ketones is 1. The second-order valence-corrected chi connectivity index (χ2v) is 9.71. The summed E-state index contributed by atoms with van der Waals surface area (Å²) in [7, 11) is 0. The molecule has 5 rings (SSSR count). The molecule has 31 heavy (non-hydrogen) atoms. The molecule has 2 fully saturated rings. The molecule has 3 nitrogen and oxygen atoms in total. The number of aryl methyl sites for hydroxylation is 1. The van der Waals surface area contributed by atoms with Crippen LogP contribution in [-0.4, -0.2) is 22.1 Å². The molecule has 2 bridgehead atoms. The lowest BCUT2D eigenvalue weighted by Gasteiger charge is -2.30. The predicted molar refractivity (Wildman–Crippen MR) is 115 cm³/mol. The Hall–Kier alpha value is -2.24. The largest absolute Gasteiger partial charge is 0.511 e. The first kappa shape index (κ1) is 20.7. The molecule has 162 valence electrons. The summed E-state index contributed by atoms with van der Waals surface area (Å²) in [4.78, 5) is 13.6. The average molecular weight is 445 g/mol. The van der Waals surface area contributed by atoms with Gasteiger partial charge in [-0.05, 0) is 68.0 Å². The van der Waals surface area contributed by atoms with Crippen molar-refractivity contribution in [3.8, 4) is 11.1 Å². The van der Waals surface area contributed by atoms with Gasteiger partial charge in [0, 0.05) is 5.02 Å². The van der Waals surface area contributed by atoms with Crippen molar-refractivity contribution in [2.75, 3.05) is 0 Å². The number of halogens is 3. The van der Waals surface area contributed by atoms with E-state index in [0.29, 0.717) is 17.5 Å². The van der Waals surface area contributed by atoms with Crippen molar-refractivity contribution in [1.82, 2.24) is 0 Å². The van der Waals surface area contributed by atoms with Crippen molar-refractivity contribution in [3.05, 3.63) is 63.9 Å². The summed E-state index contributed by atoms with van der Waals surface area (Å²) in [5.41, 5.74) is 0.506. The fraction of sp³-hybridized carbons (Fsp3) is 0.400. The van der Waals surface area contributed by atoms with Gasteiger partial charge in [-0.15, -0.1) is 0 Å². The Labute approximate surface area is 184 Å². The summed E-state index contributed by atoms with van der Waals surface area (Å²) >= 11 is 5.77. The predicted octanol–water partition coefficient (Wildman–Crippen LogP) is 6.27. The first-order chi connectivity index (χ1) is 14.6. The normalized spacial score (nSPS) is 31.6. The van der Waals surface area contributed by atoms with Crippen LogP contribution in [0.2, 0.25) is 5.02 Å². The highest BCUT2D eigenvalue weighted by Gasteiger charge is 2.69. The van der Waals surface area contributed by atoms with Gasteiger partial charge in [0.2, 0.25) is 0 Å². The first-order valence-electron chi connectivity index (χ1n) is 10.6. The third kappa shape index (κ3) is 2.76. The van der Waals surface area contributed by atoms with Crippen LogP contribution in [0.1, 0.15) is 44.7 Å². The van der Waals surface area contributed by atoms with E-state index in [2.05, 4.69) is 0 Å². The molecule has 1 aliphatic carbocycles. The van der Waals surface area contributed by atoms with E-state index in [1.807, 2.05) is 20.8 Å². The third-order valence-corrected chi connectivity index (χ3v) is 7.59. The molecule has 0 amide bonds. The van der Waals surface area contributed by atoms with Crippen molar-refractivity contribution >= 4 is 23.0 Å². The van der Waals surface area contributed by atoms with E-state index in [0.717, 1.165) is 30.5 Å². The number of allylic oxidation sites excluding steroid dienone is 1. The van der Waals surface area contributed by atoms with Crippen LogP contribution in [0, 0.1) is 23.5 Å². The maximum atomic E-state index is 14.6. The van der Waals surface area contributed by atoms with Crippen LogP contribution < -0.4 is 0 Å². The van der Waals surface area contributed by atoms with E-state index in [9.17, 15) is 18.7 Å². The smallest absolute Gasteiger partial charge is 0.173 e. The summed E-state index contributed by atoms with van der Waals surface area (Å²) in [6.45, 7) is 5.83. The molecule has 3 aliphatic rings. The fourth-order valence-electron chi connectivity index (χ4n) is 5.95. The average Bonchev–Trinajstić information content (AvgIpc) is 3.24. The highest BCUT2D eigenvalue weighted by Crippen LogP contribution is 2.63. The van der Waals surface area contributed by atoms with Gasteiger partial charge in [-0.25, -0.2) is 8.78 Å². The minimum atomic E-state index is -0.778. The number of ether oxygens (including phenoxy) is 1. The number of hydrogen-bond donors (Lipinski definition) is 1. The Morgan fingerprint density at radius 1 is 1.10 bits per heavy atom. The maximum absolute atomic E-state index is 14.6. The van der Waals surface area contributed by atoms with Gasteiger partial charge in [0.15, 0.2) is 5.78 Å². The van der Waals surface area contributed by atoms with Gasteiger partial charge in [0.05, 0.1) is 34.2 Å². The molecule has 1 N–H and O–H groups in total. The summed E-state index contributed by atoms with van der Waals surface area (Å²) in [6, 6.07) is 7.11. The number of rotatable bonds is 3. The third-order valence-electron chi connectivity index (χ3n) is 7.37. The zero-order chi connectivity index (χ0) is 22.3. The summed E-state index contributed by atoms with van der Waals surface area (Å²) < 4.78 is 35.3. The number of carbonyl (C=O) groups is 1. The second-order valence-electron chi connectivity index (χ2n) is 9.28. The van der Waals surface area contributed by atoms with E-state index in [-0.39, 0.29) is 27.7 Å². The lowest BCUT2D eigenvalue weighted by molar-refractivity contribution is -0.121. The summed E-state index contributed by atoms with van der Waals surface area (Å²) in [5, 5.41) is 11.2. The van der Waals surface area contributed by atoms with Gasteiger partial charge >= 0.3 is 0 Å². The number of hydrogen-bond acceptors (Lipinski definition) is 3. The second kappa shape index (κ2) is 6.63. The standard InChI is InChI=1S/C25H23ClF2O3/c1-4-12-5-6-13(18-16(27)10-14(26)11-17(18)28)9-15(12)19-22(29)20-21(23(19)30)25(3)8-7-24(20,2)31-25/h5-6,9-11,20-21,29H,4,7-8H2,1-3H3/t20-,21+,24-,25+/m1/s1. The molecular weight excluding hydrogens is 422 g/mol. The Morgan fingerprint density at radius 2 is 1.71 bits per heavy atom. The topological polar surface area (TPSA) is 46.5 Å². The van der Waals surface area contributed by atoms with Crippen LogP contribution >= 0.6 is 11.6 Å². The Balaban J connectivity index is 1.69. The van der Waals surface area contributed by atoms with E-state index in [1.54, 1.807) is 18.2 Å². The minimum Gasteiger partial charge on any atom is -0.511 e. The summed E-state index contributed by atoms with van der Waals surface area (Å²) in [5.74, 6) is -2.52. The van der Waals surface area contributed by atoms with Crippen molar-refractivity contribution in [2.45, 2.75) is 51.2 Å². The molecule has 2 aromatic carbocycles. The molecule has 2 heterocycles. The summed E-state index contributed by atoms with van der Waals surface area (Å²) in [6.07, 6.45) is 2.14. The molecule has 0 spiro atoms. The number of aliphatic hydroxyl groups excluding tert-OH is 1. The van der Waals surface area contributed by atoms with E-state index in [1.165, 1.54) is 0 Å². The van der Waals surface area contributed by atoms with Gasteiger partial charge in [0.1, 0.15) is 17.4 Å². The monoisotopic (exact) mass is 444 g/mol. The van der Waals surface area contributed by atoms with Gasteiger partial charge < -0.3 is 9.84 Å². The van der Waals surface area contributed by atoms with Crippen molar-refractivity contribution < 1.29 is 23.4 Å². The lowest BCUT2D eigenvalue weighted by atomic mass is 9.68. The lowest BCUT2D eigenvalue weighted by Crippen LogP contribution is -2.39. The van der Waals surface area contributed by atoms with Crippen LogP contribution in [-0.2, 0) is 16.0 Å². The highest BCUT2D eigenvalue weighted by atomic mass is 35.5. The Kier molecular flexibility index (Phi) is 4.42. The van der Waals surface area contributed by atoms with Crippen LogP contribution in [0.4, 0.5) is 8.78 Å². The quantitative estimate of drug-likeness (QED) is 0.606. The molecule has 0 saturated carbocycles. The van der Waals surface area contributed by atoms with Gasteiger partial charge in [-0.1, -0.05) is 30.7 Å². The molecule has 2 saturated heterocycles. The van der Waals surface area contributed by atoms with Gasteiger partial charge in [0.25, 0.3) is 0 Å². The van der Waals surface area contributed by atoms with Gasteiger partial charge in [-0.3, -0.25) is 4.79 Å². The Bertz CT molecular complexity index is 1150. The van der Waals surface area contributed by atoms with Crippen LogP contribution in [0.25, 0.3) is 16.7 Å². The SMILES string of the molecule is CCc1ccc(-c2c(F)cc(Cl)cc2F)cc1C1=C(O)[C@H]2[C@@H](C1=O)[C@]1(C)CC[C@@]2(C)O1. The van der Waals surface area contributed by atoms with Crippen LogP contribution in [0.3, 0.4) is 0 Å². The number of carbonyl (C=O) groups excluding carboxylic acids is 1. The molecule has 2 aliphatic heterocycles. The number of benzene rings is 2. The van der Waals surface area contributed by atoms with Crippen LogP contribution in [0.5, 0.6) is 0 Å². The number of Topliss-reactive ketones (excluding diaryl/α,β-unsaturated/α-hetero) is 1. The van der Waals surface area contributed by atoms with Crippen molar-refractivity contribution in [2.24, 2.45) is 11.8 Å². The Morgan fingerprint density at radius 3 is 2.29 bits per heavy atom. The molecule has 2 aromatic rings. The van der Waals surface area contributed by atoms with E-state index >= 15 is 0 Å².